The second-order valence-corrected chi connectivity index (χ2v) is 1.95. The Balaban J connectivity index is 3.33. The minimum Gasteiger partial charge on any atom is -0.328 e. The van der Waals surface area contributed by atoms with Gasteiger partial charge in [-0.25, -0.2) is 0 Å². The summed E-state index contributed by atoms with van der Waals surface area (Å²) < 4.78 is 0. The number of rotatable bonds is 2. The van der Waals surface area contributed by atoms with Crippen LogP contribution in [0.4, 0.5) is 0 Å². The van der Waals surface area contributed by atoms with Gasteiger partial charge in [-0.3, -0.25) is 14.4 Å². The van der Waals surface area contributed by atoms with E-state index in [0.29, 0.717) is 12.6 Å². The third-order valence-electron chi connectivity index (χ3n) is 1.22. The molecule has 0 aliphatic rings. The highest BCUT2D eigenvalue weighted by atomic mass is 16.1. The minimum atomic E-state index is -0.481. The summed E-state index contributed by atoms with van der Waals surface area (Å²) in [6.07, 6.45) is 2.22. The first-order chi connectivity index (χ1) is 5.27. The monoisotopic (exact) mass is 151 g/mol. The predicted octanol–water partition coefficient (Wildman–Crippen LogP) is -0.000100. The molecule has 1 heterocycles. The third kappa shape index (κ3) is 1.40. The number of aldehydes is 2. The molecule has 0 aliphatic carbocycles. The lowest BCUT2D eigenvalue weighted by molar-refractivity contribution is 0.112. The highest BCUT2D eigenvalue weighted by Crippen LogP contribution is 1.91. The lowest BCUT2D eigenvalue weighted by Crippen LogP contribution is -2.11. The van der Waals surface area contributed by atoms with Crippen molar-refractivity contribution in [2.75, 3.05) is 0 Å². The van der Waals surface area contributed by atoms with Crippen LogP contribution in [0.2, 0.25) is 0 Å². The molecule has 0 saturated heterocycles. The molecule has 56 valence electrons. The molecule has 0 bridgehead atoms. The summed E-state index contributed by atoms with van der Waals surface area (Å²) in [5.41, 5.74) is -0.230. The maximum absolute atomic E-state index is 10.7. The fourth-order valence-electron chi connectivity index (χ4n) is 0.675. The molecule has 4 heteroatoms. The van der Waals surface area contributed by atoms with E-state index in [-0.39, 0.29) is 11.1 Å². The molecule has 0 saturated carbocycles. The zero-order valence-electron chi connectivity index (χ0n) is 5.53. The van der Waals surface area contributed by atoms with Gasteiger partial charge in [0.2, 0.25) is 0 Å². The summed E-state index contributed by atoms with van der Waals surface area (Å²) in [6.45, 7) is 0. The van der Waals surface area contributed by atoms with Gasteiger partial charge in [0, 0.05) is 11.8 Å². The van der Waals surface area contributed by atoms with E-state index in [9.17, 15) is 14.4 Å². The van der Waals surface area contributed by atoms with Crippen LogP contribution in [0.3, 0.4) is 0 Å². The van der Waals surface area contributed by atoms with Crippen LogP contribution < -0.4 is 5.56 Å². The van der Waals surface area contributed by atoms with Gasteiger partial charge in [-0.15, -0.1) is 0 Å². The lowest BCUT2D eigenvalue weighted by Gasteiger charge is -1.89. The Morgan fingerprint density at radius 1 is 1.27 bits per heavy atom. The van der Waals surface area contributed by atoms with E-state index in [0.717, 1.165) is 0 Å². The number of pyridine rings is 1. The normalized spacial score (nSPS) is 9.09. The van der Waals surface area contributed by atoms with Crippen LogP contribution in [0.5, 0.6) is 0 Å². The molecule has 0 fully saturated rings. The lowest BCUT2D eigenvalue weighted by atomic mass is 10.2. The molecule has 0 radical (unpaired) electrons. The van der Waals surface area contributed by atoms with Crippen LogP contribution in [-0.4, -0.2) is 17.6 Å². The Kier molecular flexibility index (Phi) is 1.96. The number of H-pyrrole nitrogens is 1. The van der Waals surface area contributed by atoms with Gasteiger partial charge >= 0.3 is 0 Å². The fraction of sp³-hybridized carbons (Fsp3) is 0. The molecule has 11 heavy (non-hydrogen) atoms. The number of aromatic nitrogens is 1. The molecule has 0 amide bonds. The average molecular weight is 151 g/mol. The van der Waals surface area contributed by atoms with Crippen molar-refractivity contribution in [2.45, 2.75) is 0 Å². The van der Waals surface area contributed by atoms with Crippen molar-refractivity contribution in [2.24, 2.45) is 0 Å². The quantitative estimate of drug-likeness (QED) is 0.605. The van der Waals surface area contributed by atoms with Gasteiger partial charge < -0.3 is 4.98 Å². The minimum absolute atomic E-state index is 0.0328. The van der Waals surface area contributed by atoms with Crippen molar-refractivity contribution in [3.63, 3.8) is 0 Å². The van der Waals surface area contributed by atoms with E-state index in [1.807, 2.05) is 0 Å². The first kappa shape index (κ1) is 7.40. The van der Waals surface area contributed by atoms with Crippen molar-refractivity contribution >= 4 is 12.6 Å². The van der Waals surface area contributed by atoms with Gasteiger partial charge in [0.25, 0.3) is 5.56 Å². The van der Waals surface area contributed by atoms with Crippen LogP contribution in [0.15, 0.2) is 17.1 Å². The van der Waals surface area contributed by atoms with Crippen molar-refractivity contribution in [3.8, 4) is 0 Å². The van der Waals surface area contributed by atoms with Gasteiger partial charge in [-0.1, -0.05) is 0 Å². The molecule has 1 N–H and O–H groups in total. The summed E-state index contributed by atoms with van der Waals surface area (Å²) in [4.78, 5) is 33.3. The van der Waals surface area contributed by atoms with E-state index in [1.54, 1.807) is 0 Å². The summed E-state index contributed by atoms with van der Waals surface area (Å²) in [6, 6.07) is 1.23. The molecule has 0 aromatic carbocycles. The standard InChI is InChI=1S/C7H5NO3/c9-3-5-1-6(4-10)7(11)8-2-5/h1-4H,(H,8,11). The van der Waals surface area contributed by atoms with Gasteiger partial charge in [0.15, 0.2) is 12.6 Å². The first-order valence-corrected chi connectivity index (χ1v) is 2.91. The molecule has 1 rings (SSSR count). The first-order valence-electron chi connectivity index (χ1n) is 2.91. The molecule has 0 unspecified atom stereocenters. The summed E-state index contributed by atoms with van der Waals surface area (Å²) in [7, 11) is 0. The average Bonchev–Trinajstić information content (AvgIpc) is 2.05. The van der Waals surface area contributed by atoms with E-state index < -0.39 is 5.56 Å². The molecule has 0 aliphatic heterocycles. The highest BCUT2D eigenvalue weighted by molar-refractivity contribution is 5.80. The maximum Gasteiger partial charge on any atom is 0.258 e. The zero-order valence-corrected chi connectivity index (χ0v) is 5.53. The second-order valence-electron chi connectivity index (χ2n) is 1.95. The molecule has 1 aromatic rings. The third-order valence-corrected chi connectivity index (χ3v) is 1.22. The van der Waals surface area contributed by atoms with Gasteiger partial charge in [0.1, 0.15) is 0 Å². The van der Waals surface area contributed by atoms with Gasteiger partial charge in [-0.2, -0.15) is 0 Å². The largest absolute Gasteiger partial charge is 0.328 e. The van der Waals surface area contributed by atoms with E-state index in [4.69, 9.17) is 0 Å². The van der Waals surface area contributed by atoms with Crippen molar-refractivity contribution in [1.29, 1.82) is 0 Å². The van der Waals surface area contributed by atoms with Gasteiger partial charge in [0.05, 0.1) is 5.56 Å². The molecular formula is C7H5NO3. The zero-order chi connectivity index (χ0) is 8.27. The highest BCUT2D eigenvalue weighted by Gasteiger charge is 1.97. The van der Waals surface area contributed by atoms with E-state index in [2.05, 4.69) is 4.98 Å². The number of nitrogens with one attached hydrogen (secondary N) is 1. The Hall–Kier alpha value is -1.71. The number of hydrogen-bond acceptors (Lipinski definition) is 3. The molecule has 0 atom stereocenters. The van der Waals surface area contributed by atoms with Crippen LogP contribution >= 0.6 is 0 Å². The fourth-order valence-corrected chi connectivity index (χ4v) is 0.675. The summed E-state index contributed by atoms with van der Waals surface area (Å²) >= 11 is 0. The van der Waals surface area contributed by atoms with Crippen molar-refractivity contribution < 1.29 is 9.59 Å². The van der Waals surface area contributed by atoms with Crippen LogP contribution in [0, 0.1) is 0 Å². The van der Waals surface area contributed by atoms with Crippen molar-refractivity contribution in [3.05, 3.63) is 33.7 Å². The maximum atomic E-state index is 10.7. The Bertz CT molecular complexity index is 340. The summed E-state index contributed by atoms with van der Waals surface area (Å²) in [5, 5.41) is 0. The SMILES string of the molecule is O=Cc1c[nH]c(=O)c(C=O)c1. The Morgan fingerprint density at radius 2 is 2.00 bits per heavy atom. The van der Waals surface area contributed by atoms with Crippen LogP contribution in [0.25, 0.3) is 0 Å². The summed E-state index contributed by atoms with van der Waals surface area (Å²) in [5.74, 6) is 0. The molecule has 1 aromatic heterocycles. The Labute approximate surface area is 61.9 Å². The molecular weight excluding hydrogens is 146 g/mol. The topological polar surface area (TPSA) is 67.0 Å². The van der Waals surface area contributed by atoms with E-state index in [1.165, 1.54) is 12.3 Å². The molecule has 4 nitrogen and oxygen atoms in total. The smallest absolute Gasteiger partial charge is 0.258 e. The Morgan fingerprint density at radius 3 is 2.55 bits per heavy atom. The van der Waals surface area contributed by atoms with Crippen molar-refractivity contribution in [1.82, 2.24) is 4.98 Å². The number of hydrogen-bond donors (Lipinski definition) is 1. The number of aromatic amines is 1. The predicted molar refractivity (Wildman–Crippen MR) is 37.8 cm³/mol. The van der Waals surface area contributed by atoms with Crippen LogP contribution in [-0.2, 0) is 0 Å². The van der Waals surface area contributed by atoms with Crippen LogP contribution in [0.1, 0.15) is 20.7 Å². The number of carbonyl (C=O) groups is 2. The van der Waals surface area contributed by atoms with E-state index >= 15 is 0 Å². The number of carbonyl (C=O) groups excluding carboxylic acids is 2. The molecule has 0 spiro atoms. The van der Waals surface area contributed by atoms with Gasteiger partial charge in [-0.05, 0) is 6.07 Å². The second kappa shape index (κ2) is 2.92.